The minimum Gasteiger partial charge on any atom is -0.494 e. The molecule has 0 unspecified atom stereocenters. The molecule has 6 rings (SSSR count). The van der Waals surface area contributed by atoms with Crippen LogP contribution in [0.1, 0.15) is 18.0 Å². The van der Waals surface area contributed by atoms with Crippen LogP contribution in [0.2, 0.25) is 5.15 Å². The average Bonchev–Trinajstić information content (AvgIpc) is 3.61. The van der Waals surface area contributed by atoms with E-state index < -0.39 is 17.7 Å². The molecule has 1 N–H and O–H groups in total. The van der Waals surface area contributed by atoms with Crippen molar-refractivity contribution in [2.24, 2.45) is 7.05 Å². The first-order valence-corrected chi connectivity index (χ1v) is 14.0. The summed E-state index contributed by atoms with van der Waals surface area (Å²) < 4.78 is 36.1. The number of anilines is 4. The molecule has 0 saturated carbocycles. The molecule has 1 atom stereocenters. The SMILES string of the molecule is COc1cc(N2CCN(C)CC2)c(-c2cn(C)nc2Cl)cc1Nc1cc(N2OCC[C@@H]2c2cccc(F)c2F)ncn1. The van der Waals surface area contributed by atoms with Crippen molar-refractivity contribution in [3.05, 3.63) is 71.3 Å². The number of hydroxylamine groups is 1. The van der Waals surface area contributed by atoms with Crippen molar-refractivity contribution in [3.8, 4) is 16.9 Å². The average molecular weight is 597 g/mol. The lowest BCUT2D eigenvalue weighted by Crippen LogP contribution is -2.44. The Bertz CT molecular complexity index is 1590. The van der Waals surface area contributed by atoms with Gasteiger partial charge < -0.3 is 19.9 Å². The van der Waals surface area contributed by atoms with E-state index >= 15 is 0 Å². The standard InChI is InChI=1S/C29H31ClF2N8O2/c1-37-8-10-39(11-9-37)24-14-25(41-3)22(13-19(24)20-16-38(2)36-29(20)30)35-26-15-27(34-17-33-26)40-23(7-12-42-40)18-5-4-6-21(31)28(18)32/h4-6,13-17,23H,7-12H2,1-3H3,(H,33,34,35)/t23-/m1/s1. The van der Waals surface area contributed by atoms with Gasteiger partial charge in [0.1, 0.15) is 17.9 Å². The van der Waals surface area contributed by atoms with Crippen molar-refractivity contribution in [1.29, 1.82) is 0 Å². The molecule has 2 aliphatic rings. The van der Waals surface area contributed by atoms with Crippen molar-refractivity contribution < 1.29 is 18.4 Å². The number of halogens is 3. The van der Waals surface area contributed by atoms with Crippen molar-refractivity contribution >= 4 is 34.6 Å². The molecule has 4 aromatic rings. The Balaban J connectivity index is 1.35. The van der Waals surface area contributed by atoms with E-state index in [4.69, 9.17) is 21.2 Å². The highest BCUT2D eigenvalue weighted by Crippen LogP contribution is 2.43. The highest BCUT2D eigenvalue weighted by atomic mass is 35.5. The molecule has 0 aliphatic carbocycles. The normalized spacial score (nSPS) is 17.6. The molecule has 2 aliphatic heterocycles. The zero-order chi connectivity index (χ0) is 29.4. The van der Waals surface area contributed by atoms with Crippen LogP contribution in [0.3, 0.4) is 0 Å². The van der Waals surface area contributed by atoms with E-state index in [1.54, 1.807) is 23.9 Å². The number of aryl methyl sites for hydroxylation is 1. The molecule has 2 saturated heterocycles. The van der Waals surface area contributed by atoms with E-state index in [9.17, 15) is 8.78 Å². The first-order chi connectivity index (χ1) is 20.3. The molecule has 0 bridgehead atoms. The molecular weight excluding hydrogens is 566 g/mol. The number of nitrogens with zero attached hydrogens (tertiary/aromatic N) is 7. The van der Waals surface area contributed by atoms with Gasteiger partial charge in [-0.05, 0) is 19.2 Å². The molecular formula is C29H31ClF2N8O2. The van der Waals surface area contributed by atoms with Crippen LogP contribution in [0.25, 0.3) is 11.1 Å². The predicted octanol–water partition coefficient (Wildman–Crippen LogP) is 5.20. The van der Waals surface area contributed by atoms with E-state index in [0.717, 1.165) is 49.1 Å². The third kappa shape index (κ3) is 5.44. The van der Waals surface area contributed by atoms with Gasteiger partial charge in [-0.3, -0.25) is 9.52 Å². The summed E-state index contributed by atoms with van der Waals surface area (Å²) >= 11 is 6.58. The third-order valence-corrected chi connectivity index (χ3v) is 7.90. The van der Waals surface area contributed by atoms with Gasteiger partial charge in [-0.15, -0.1) is 0 Å². The largest absolute Gasteiger partial charge is 0.494 e. The van der Waals surface area contributed by atoms with Crippen LogP contribution in [0.5, 0.6) is 5.75 Å². The lowest BCUT2D eigenvalue weighted by atomic mass is 10.0. The Morgan fingerprint density at radius 3 is 2.60 bits per heavy atom. The number of hydrogen-bond donors (Lipinski definition) is 1. The molecule has 0 spiro atoms. The van der Waals surface area contributed by atoms with E-state index in [1.165, 1.54) is 17.5 Å². The van der Waals surface area contributed by atoms with Crippen LogP contribution < -0.4 is 20.0 Å². The Hall–Kier alpha value is -4.00. The van der Waals surface area contributed by atoms with Gasteiger partial charge in [-0.1, -0.05) is 23.7 Å². The van der Waals surface area contributed by atoms with Crippen LogP contribution >= 0.6 is 11.6 Å². The molecule has 0 radical (unpaired) electrons. The zero-order valence-corrected chi connectivity index (χ0v) is 24.3. The van der Waals surface area contributed by atoms with Gasteiger partial charge in [-0.2, -0.15) is 5.10 Å². The number of hydrogen-bond acceptors (Lipinski definition) is 9. The Morgan fingerprint density at radius 1 is 1.05 bits per heavy atom. The maximum absolute atomic E-state index is 14.6. The molecule has 2 fully saturated rings. The highest BCUT2D eigenvalue weighted by molar-refractivity contribution is 6.32. The van der Waals surface area contributed by atoms with Gasteiger partial charge in [0.2, 0.25) is 0 Å². The molecule has 2 aromatic carbocycles. The zero-order valence-electron chi connectivity index (χ0n) is 23.5. The first kappa shape index (κ1) is 28.1. The monoisotopic (exact) mass is 596 g/mol. The summed E-state index contributed by atoms with van der Waals surface area (Å²) in [5.41, 5.74) is 3.56. The van der Waals surface area contributed by atoms with Crippen LogP contribution in [0.4, 0.5) is 31.8 Å². The quantitative estimate of drug-likeness (QED) is 0.310. The van der Waals surface area contributed by atoms with E-state index in [1.807, 2.05) is 25.4 Å². The van der Waals surface area contributed by atoms with Crippen molar-refractivity contribution in [2.75, 3.05) is 62.2 Å². The number of rotatable bonds is 7. The van der Waals surface area contributed by atoms with Crippen LogP contribution in [-0.4, -0.2) is 71.6 Å². The predicted molar refractivity (Wildman–Crippen MR) is 157 cm³/mol. The van der Waals surface area contributed by atoms with Gasteiger partial charge in [0.15, 0.2) is 22.6 Å². The van der Waals surface area contributed by atoms with Gasteiger partial charge >= 0.3 is 0 Å². The topological polar surface area (TPSA) is 83.8 Å². The minimum absolute atomic E-state index is 0.208. The van der Waals surface area contributed by atoms with E-state index in [-0.39, 0.29) is 5.56 Å². The summed E-state index contributed by atoms with van der Waals surface area (Å²) in [6, 6.07) is 9.28. The number of aromatic nitrogens is 4. The lowest BCUT2D eigenvalue weighted by Gasteiger charge is -2.35. The summed E-state index contributed by atoms with van der Waals surface area (Å²) in [7, 11) is 5.57. The summed E-state index contributed by atoms with van der Waals surface area (Å²) in [4.78, 5) is 19.2. The number of ether oxygens (including phenoxy) is 1. The second-order valence-corrected chi connectivity index (χ2v) is 10.7. The molecule has 13 heteroatoms. The third-order valence-electron chi connectivity index (χ3n) is 7.62. The van der Waals surface area contributed by atoms with Gasteiger partial charge in [0.25, 0.3) is 0 Å². The smallest absolute Gasteiger partial charge is 0.164 e. The number of benzene rings is 2. The Labute approximate surface area is 247 Å². The second kappa shape index (κ2) is 11.7. The van der Waals surface area contributed by atoms with Crippen molar-refractivity contribution in [3.63, 3.8) is 0 Å². The summed E-state index contributed by atoms with van der Waals surface area (Å²) in [6.45, 7) is 3.92. The maximum atomic E-state index is 14.6. The van der Waals surface area contributed by atoms with Crippen LogP contribution in [-0.2, 0) is 11.9 Å². The fraction of sp³-hybridized carbons (Fsp3) is 0.345. The fourth-order valence-electron chi connectivity index (χ4n) is 5.43. The number of likely N-dealkylation sites (N-methyl/N-ethyl adjacent to an activating group) is 1. The summed E-state index contributed by atoms with van der Waals surface area (Å²) in [5.74, 6) is -0.312. The molecule has 0 amide bonds. The van der Waals surface area contributed by atoms with Gasteiger partial charge in [-0.25, -0.2) is 23.8 Å². The maximum Gasteiger partial charge on any atom is 0.164 e. The molecule has 220 valence electrons. The molecule has 10 nitrogen and oxygen atoms in total. The lowest BCUT2D eigenvalue weighted by molar-refractivity contribution is 0.156. The van der Waals surface area contributed by atoms with Crippen LogP contribution in [0.15, 0.2) is 48.9 Å². The molecule has 4 heterocycles. The van der Waals surface area contributed by atoms with E-state index in [2.05, 4.69) is 37.2 Å². The molecule has 42 heavy (non-hydrogen) atoms. The molecule has 2 aromatic heterocycles. The first-order valence-electron chi connectivity index (χ1n) is 13.6. The summed E-state index contributed by atoms with van der Waals surface area (Å²) in [6.07, 6.45) is 3.76. The highest BCUT2D eigenvalue weighted by Gasteiger charge is 2.32. The number of nitrogens with one attached hydrogen (secondary N) is 1. The minimum atomic E-state index is -0.902. The number of piperazine rings is 1. The second-order valence-electron chi connectivity index (χ2n) is 10.4. The Morgan fingerprint density at radius 2 is 1.86 bits per heavy atom. The van der Waals surface area contributed by atoms with Gasteiger partial charge in [0, 0.05) is 80.4 Å². The summed E-state index contributed by atoms with van der Waals surface area (Å²) in [5, 5.41) is 9.60. The van der Waals surface area contributed by atoms with Crippen LogP contribution in [0, 0.1) is 11.6 Å². The van der Waals surface area contributed by atoms with Crippen molar-refractivity contribution in [1.82, 2.24) is 24.6 Å². The Kier molecular flexibility index (Phi) is 7.84. The fourth-order valence-corrected chi connectivity index (χ4v) is 5.70. The van der Waals surface area contributed by atoms with Gasteiger partial charge in [0.05, 0.1) is 25.4 Å². The van der Waals surface area contributed by atoms with E-state index in [0.29, 0.717) is 41.3 Å². The van der Waals surface area contributed by atoms with Crippen molar-refractivity contribution in [2.45, 2.75) is 12.5 Å². The number of methoxy groups -OCH3 is 1.